The zero-order valence-electron chi connectivity index (χ0n) is 13.7. The van der Waals surface area contributed by atoms with Gasteiger partial charge < -0.3 is 4.79 Å². The van der Waals surface area contributed by atoms with Gasteiger partial charge in [0.25, 0.3) is 0 Å². The number of aldehydes is 1. The van der Waals surface area contributed by atoms with Crippen molar-refractivity contribution in [2.75, 3.05) is 0 Å². The summed E-state index contributed by atoms with van der Waals surface area (Å²) in [5.74, 6) is 4.24. The van der Waals surface area contributed by atoms with Gasteiger partial charge in [-0.15, -0.1) is 0 Å². The predicted octanol–water partition coefficient (Wildman–Crippen LogP) is 5.62. The maximum Gasteiger partial charge on any atom is 0.123 e. The maximum atomic E-state index is 10.8. The summed E-state index contributed by atoms with van der Waals surface area (Å²) < 4.78 is 0. The maximum absolute atomic E-state index is 10.8. The number of hydrogen-bond donors (Lipinski definition) is 0. The fourth-order valence-electron chi connectivity index (χ4n) is 4.40. The molecule has 0 aromatic carbocycles. The summed E-state index contributed by atoms with van der Waals surface area (Å²) in [6.07, 6.45) is 16.3. The Morgan fingerprint density at radius 2 is 1.40 bits per heavy atom. The minimum absolute atomic E-state index is 0.386. The third kappa shape index (κ3) is 4.90. The highest BCUT2D eigenvalue weighted by Gasteiger charge is 2.24. The van der Waals surface area contributed by atoms with Gasteiger partial charge in [-0.05, 0) is 55.8 Å². The molecule has 2 saturated carbocycles. The van der Waals surface area contributed by atoms with Crippen molar-refractivity contribution >= 4 is 6.29 Å². The van der Waals surface area contributed by atoms with E-state index in [0.717, 1.165) is 36.5 Å². The van der Waals surface area contributed by atoms with E-state index in [0.29, 0.717) is 5.92 Å². The number of carbonyl (C=O) groups is 1. The zero-order chi connectivity index (χ0) is 14.4. The lowest BCUT2D eigenvalue weighted by Gasteiger charge is -2.32. The molecule has 116 valence electrons. The van der Waals surface area contributed by atoms with Crippen LogP contribution in [0.2, 0.25) is 0 Å². The molecule has 0 N–H and O–H groups in total. The van der Waals surface area contributed by atoms with E-state index in [1.807, 2.05) is 0 Å². The van der Waals surface area contributed by atoms with Crippen molar-refractivity contribution in [3.63, 3.8) is 0 Å². The van der Waals surface area contributed by atoms with Crippen molar-refractivity contribution in [1.29, 1.82) is 0 Å². The van der Waals surface area contributed by atoms with Crippen molar-refractivity contribution in [2.24, 2.45) is 29.6 Å². The number of carbonyl (C=O) groups excluding carboxylic acids is 1. The summed E-state index contributed by atoms with van der Waals surface area (Å²) in [6.45, 7) is 4.87. The summed E-state index contributed by atoms with van der Waals surface area (Å²) in [5.41, 5.74) is 0. The lowest BCUT2D eigenvalue weighted by atomic mass is 9.74. The van der Waals surface area contributed by atoms with Crippen molar-refractivity contribution in [1.82, 2.24) is 0 Å². The van der Waals surface area contributed by atoms with E-state index >= 15 is 0 Å². The van der Waals surface area contributed by atoms with E-state index in [1.54, 1.807) is 0 Å². The highest BCUT2D eigenvalue weighted by atomic mass is 16.1. The van der Waals surface area contributed by atoms with Crippen LogP contribution < -0.4 is 0 Å². The van der Waals surface area contributed by atoms with Crippen LogP contribution in [-0.2, 0) is 4.79 Å². The van der Waals surface area contributed by atoms with E-state index < -0.39 is 0 Å². The van der Waals surface area contributed by atoms with E-state index in [4.69, 9.17) is 0 Å². The SMILES string of the molecule is CC1CCC(CCCCC2CCC(C=O)CC2)CC1C. The molecule has 0 aromatic heterocycles. The van der Waals surface area contributed by atoms with Gasteiger partial charge in [-0.25, -0.2) is 0 Å². The molecule has 0 aromatic rings. The van der Waals surface area contributed by atoms with E-state index in [1.165, 1.54) is 64.1 Å². The van der Waals surface area contributed by atoms with Crippen molar-refractivity contribution in [3.05, 3.63) is 0 Å². The third-order valence-corrected chi connectivity index (χ3v) is 6.27. The van der Waals surface area contributed by atoms with Gasteiger partial charge in [0, 0.05) is 5.92 Å². The first kappa shape index (κ1) is 16.0. The first-order chi connectivity index (χ1) is 9.69. The Hall–Kier alpha value is -0.330. The molecule has 0 heterocycles. The molecule has 0 bridgehead atoms. The van der Waals surface area contributed by atoms with Crippen LogP contribution in [0.3, 0.4) is 0 Å². The summed E-state index contributed by atoms with van der Waals surface area (Å²) >= 11 is 0. The standard InChI is InChI=1S/C19H34O/c1-15-7-8-18(13-16(15)2)6-4-3-5-17-9-11-19(14-20)12-10-17/h14-19H,3-13H2,1-2H3. The van der Waals surface area contributed by atoms with E-state index in [9.17, 15) is 4.79 Å². The first-order valence-corrected chi connectivity index (χ1v) is 9.14. The quantitative estimate of drug-likeness (QED) is 0.455. The molecule has 0 radical (unpaired) electrons. The Morgan fingerprint density at radius 1 is 0.800 bits per heavy atom. The Morgan fingerprint density at radius 3 is 2.00 bits per heavy atom. The highest BCUT2D eigenvalue weighted by molar-refractivity contribution is 5.53. The molecule has 0 saturated heterocycles. The van der Waals surface area contributed by atoms with Crippen LogP contribution in [0.5, 0.6) is 0 Å². The van der Waals surface area contributed by atoms with Gasteiger partial charge in [-0.3, -0.25) is 0 Å². The molecule has 0 aliphatic heterocycles. The summed E-state index contributed by atoms with van der Waals surface area (Å²) in [6, 6.07) is 0. The van der Waals surface area contributed by atoms with Crippen LogP contribution in [-0.4, -0.2) is 6.29 Å². The molecular formula is C19H34O. The first-order valence-electron chi connectivity index (χ1n) is 9.14. The van der Waals surface area contributed by atoms with Crippen LogP contribution >= 0.6 is 0 Å². The molecule has 1 nitrogen and oxygen atoms in total. The molecule has 1 heteroatoms. The Balaban J connectivity index is 1.53. The van der Waals surface area contributed by atoms with E-state index in [-0.39, 0.29) is 0 Å². The van der Waals surface area contributed by atoms with Crippen LogP contribution in [0.25, 0.3) is 0 Å². The second-order valence-electron chi connectivity index (χ2n) is 7.83. The van der Waals surface area contributed by atoms with Gasteiger partial charge in [0.1, 0.15) is 6.29 Å². The Labute approximate surface area is 125 Å². The zero-order valence-corrected chi connectivity index (χ0v) is 13.7. The summed E-state index contributed by atoms with van der Waals surface area (Å²) in [5, 5.41) is 0. The molecule has 3 atom stereocenters. The minimum Gasteiger partial charge on any atom is -0.303 e. The van der Waals surface area contributed by atoms with Gasteiger partial charge >= 0.3 is 0 Å². The lowest BCUT2D eigenvalue weighted by Crippen LogP contribution is -2.20. The summed E-state index contributed by atoms with van der Waals surface area (Å²) in [7, 11) is 0. The normalized spacial score (nSPS) is 38.6. The fourth-order valence-corrected chi connectivity index (χ4v) is 4.40. The van der Waals surface area contributed by atoms with Crippen molar-refractivity contribution in [2.45, 2.75) is 84.5 Å². The molecule has 0 spiro atoms. The van der Waals surface area contributed by atoms with Crippen LogP contribution in [0, 0.1) is 29.6 Å². The molecule has 3 unspecified atom stereocenters. The van der Waals surface area contributed by atoms with Gasteiger partial charge in [0.05, 0.1) is 0 Å². The summed E-state index contributed by atoms with van der Waals surface area (Å²) in [4.78, 5) is 10.8. The second-order valence-corrected chi connectivity index (χ2v) is 7.83. The minimum atomic E-state index is 0.386. The largest absolute Gasteiger partial charge is 0.303 e. The molecule has 20 heavy (non-hydrogen) atoms. The van der Waals surface area contributed by atoms with Gasteiger partial charge in [0.2, 0.25) is 0 Å². The van der Waals surface area contributed by atoms with Crippen LogP contribution in [0.15, 0.2) is 0 Å². The fraction of sp³-hybridized carbons (Fsp3) is 0.947. The van der Waals surface area contributed by atoms with Crippen molar-refractivity contribution < 1.29 is 4.79 Å². The molecule has 0 amide bonds. The molecular weight excluding hydrogens is 244 g/mol. The number of hydrogen-bond acceptors (Lipinski definition) is 1. The van der Waals surface area contributed by atoms with Gasteiger partial charge in [-0.1, -0.05) is 52.4 Å². The third-order valence-electron chi connectivity index (χ3n) is 6.27. The van der Waals surface area contributed by atoms with Crippen LogP contribution in [0.4, 0.5) is 0 Å². The molecule has 2 aliphatic rings. The van der Waals surface area contributed by atoms with Gasteiger partial charge in [0.15, 0.2) is 0 Å². The Bertz CT molecular complexity index is 277. The van der Waals surface area contributed by atoms with E-state index in [2.05, 4.69) is 13.8 Å². The topological polar surface area (TPSA) is 17.1 Å². The average Bonchev–Trinajstić information content (AvgIpc) is 2.48. The highest BCUT2D eigenvalue weighted by Crippen LogP contribution is 2.36. The predicted molar refractivity (Wildman–Crippen MR) is 85.6 cm³/mol. The smallest absolute Gasteiger partial charge is 0.123 e. The number of rotatable bonds is 6. The lowest BCUT2D eigenvalue weighted by molar-refractivity contribution is -0.112. The van der Waals surface area contributed by atoms with Gasteiger partial charge in [-0.2, -0.15) is 0 Å². The van der Waals surface area contributed by atoms with Crippen molar-refractivity contribution in [3.8, 4) is 0 Å². The molecule has 2 rings (SSSR count). The monoisotopic (exact) mass is 278 g/mol. The second kappa shape index (κ2) is 8.20. The number of unbranched alkanes of at least 4 members (excludes halogenated alkanes) is 1. The molecule has 2 fully saturated rings. The molecule has 2 aliphatic carbocycles. The van der Waals surface area contributed by atoms with Crippen LogP contribution in [0.1, 0.15) is 84.5 Å². The Kier molecular flexibility index (Phi) is 6.58. The average molecular weight is 278 g/mol.